The van der Waals surface area contributed by atoms with Crippen LogP contribution in [0.3, 0.4) is 0 Å². The van der Waals surface area contributed by atoms with Crippen LogP contribution in [0.4, 0.5) is 0 Å². The Bertz CT molecular complexity index is 197. The van der Waals surface area contributed by atoms with Crippen molar-refractivity contribution < 1.29 is 21.6 Å². The van der Waals surface area contributed by atoms with Crippen molar-refractivity contribution in [3.63, 3.8) is 0 Å². The van der Waals surface area contributed by atoms with Gasteiger partial charge in [0.15, 0.2) is 27.7 Å². The van der Waals surface area contributed by atoms with Gasteiger partial charge in [0, 0.05) is 0 Å². The summed E-state index contributed by atoms with van der Waals surface area (Å²) in [6, 6.07) is 0. The van der Waals surface area contributed by atoms with Crippen LogP contribution in [0.25, 0.3) is 0 Å². The molecular formula is C2H4O5S2. The third kappa shape index (κ3) is 2.56. The highest BCUT2D eigenvalue weighted by Crippen LogP contribution is 1.82. The maximum Gasteiger partial charge on any atom is 0.212 e. The highest BCUT2D eigenvalue weighted by atomic mass is 32.2. The lowest BCUT2D eigenvalue weighted by atomic mass is 10.9. The van der Waals surface area contributed by atoms with E-state index in [1.54, 1.807) is 0 Å². The first-order valence-electron chi connectivity index (χ1n) is 1.82. The largest absolute Gasteiger partial charge is 0.301 e. The van der Waals surface area contributed by atoms with Crippen LogP contribution < -0.4 is 0 Å². The molecule has 0 rings (SSSR count). The topological polar surface area (TPSA) is 85.3 Å². The molecule has 0 aromatic carbocycles. The van der Waals surface area contributed by atoms with E-state index in [0.29, 0.717) is 0 Å². The number of carbonyl (C=O) groups is 1. The zero-order chi connectivity index (χ0) is 7.44. The van der Waals surface area contributed by atoms with Gasteiger partial charge in [0.1, 0.15) is 0 Å². The van der Waals surface area contributed by atoms with Crippen LogP contribution in [0, 0.1) is 0 Å². The molecule has 0 radical (unpaired) electrons. The van der Waals surface area contributed by atoms with Gasteiger partial charge in [0.2, 0.25) is 4.58 Å². The number of rotatable bonds is 3. The maximum absolute atomic E-state index is 9.79. The van der Waals surface area contributed by atoms with Gasteiger partial charge < -0.3 is 4.79 Å². The van der Waals surface area contributed by atoms with Gasteiger partial charge in [-0.1, -0.05) is 0 Å². The quantitative estimate of drug-likeness (QED) is 0.370. The molecule has 0 amide bonds. The predicted octanol–water partition coefficient (Wildman–Crippen LogP) is -2.27. The molecule has 0 unspecified atom stereocenters. The van der Waals surface area contributed by atoms with E-state index < -0.39 is 26.0 Å². The van der Waals surface area contributed by atoms with Crippen molar-refractivity contribution in [3.05, 3.63) is 0 Å². The average Bonchev–Trinajstić information content (AvgIpc) is 1.64. The number of hydrogen-bond acceptors (Lipinski definition) is 5. The third-order valence-corrected chi connectivity index (χ3v) is 2.79. The van der Waals surface area contributed by atoms with Crippen LogP contribution in [-0.4, -0.2) is 27.7 Å². The van der Waals surface area contributed by atoms with Gasteiger partial charge >= 0.3 is 0 Å². The second-order valence-electron chi connectivity index (χ2n) is 1.12. The minimum atomic E-state index is -3.17. The van der Waals surface area contributed by atoms with Crippen molar-refractivity contribution in [3.8, 4) is 0 Å². The Kier molecular flexibility index (Phi) is 3.40. The number of carbonyl (C=O) groups excluding carboxylic acids is 1. The fourth-order valence-corrected chi connectivity index (χ4v) is 0.991. The first-order chi connectivity index (χ1) is 4.09. The van der Waals surface area contributed by atoms with Crippen LogP contribution in [0.1, 0.15) is 0 Å². The predicted molar refractivity (Wildman–Crippen MR) is 30.5 cm³/mol. The van der Waals surface area contributed by atoms with E-state index in [1.165, 1.54) is 0 Å². The zero-order valence-corrected chi connectivity index (χ0v) is 5.88. The van der Waals surface area contributed by atoms with Crippen LogP contribution in [0.2, 0.25) is 0 Å². The number of aldehydes is 1. The Morgan fingerprint density at radius 3 is 1.33 bits per heavy atom. The van der Waals surface area contributed by atoms with Gasteiger partial charge in [-0.15, -0.1) is 0 Å². The summed E-state index contributed by atoms with van der Waals surface area (Å²) in [7, 11) is -6.34. The zero-order valence-electron chi connectivity index (χ0n) is 4.09. The van der Waals surface area contributed by atoms with E-state index in [9.17, 15) is 21.6 Å². The molecule has 0 saturated heterocycles. The third-order valence-electron chi connectivity index (χ3n) is 0.554. The molecule has 0 bridgehead atoms. The van der Waals surface area contributed by atoms with Crippen molar-refractivity contribution in [2.75, 3.05) is 0 Å². The fourth-order valence-electron chi connectivity index (χ4n) is 0.176. The molecule has 0 saturated carbocycles. The van der Waals surface area contributed by atoms with Crippen LogP contribution in [-0.2, 0) is 26.2 Å². The lowest BCUT2D eigenvalue weighted by Gasteiger charge is -1.84. The first kappa shape index (κ1) is 8.57. The second-order valence-corrected chi connectivity index (χ2v) is 3.78. The van der Waals surface area contributed by atoms with E-state index in [2.05, 4.69) is 0 Å². The minimum absolute atomic E-state index is 0.128. The van der Waals surface area contributed by atoms with Gasteiger partial charge in [0.25, 0.3) is 0 Å². The van der Waals surface area contributed by atoms with E-state index >= 15 is 0 Å². The molecule has 54 valence electrons. The molecule has 0 fully saturated rings. The van der Waals surface area contributed by atoms with Crippen LogP contribution in [0.5, 0.6) is 0 Å². The van der Waals surface area contributed by atoms with Gasteiger partial charge in [-0.25, -0.2) is 16.8 Å². The van der Waals surface area contributed by atoms with Crippen molar-refractivity contribution in [2.45, 2.75) is 4.58 Å². The summed E-state index contributed by atoms with van der Waals surface area (Å²) >= 11 is 0. The molecule has 0 aromatic rings. The molecule has 0 atom stereocenters. The molecule has 0 aliphatic heterocycles. The van der Waals surface area contributed by atoms with Crippen molar-refractivity contribution in [2.24, 2.45) is 0 Å². The van der Waals surface area contributed by atoms with Crippen molar-refractivity contribution in [1.29, 1.82) is 0 Å². The SMILES string of the molecule is O=CC([SH](=O)=O)[SH](=O)=O. The van der Waals surface area contributed by atoms with E-state index in [-0.39, 0.29) is 6.29 Å². The molecule has 0 aliphatic rings. The minimum Gasteiger partial charge on any atom is -0.301 e. The molecule has 0 N–H and O–H groups in total. The normalized spacial score (nSPS) is 11.0. The molecule has 0 heterocycles. The summed E-state index contributed by atoms with van der Waals surface area (Å²) in [5.41, 5.74) is 0. The Balaban J connectivity index is 4.55. The van der Waals surface area contributed by atoms with E-state index in [1.807, 2.05) is 0 Å². The highest BCUT2D eigenvalue weighted by Gasteiger charge is 2.11. The molecule has 5 nitrogen and oxygen atoms in total. The molecule has 0 spiro atoms. The standard InChI is InChI=1S/C2H4O5S2/c3-1-2(8(4)5)9(6)7/h1-2,8-9H. The molecule has 0 aromatic heterocycles. The van der Waals surface area contributed by atoms with Crippen LogP contribution in [0.15, 0.2) is 0 Å². The van der Waals surface area contributed by atoms with Crippen molar-refractivity contribution in [1.82, 2.24) is 0 Å². The summed E-state index contributed by atoms with van der Waals surface area (Å²) in [4.78, 5) is 9.62. The van der Waals surface area contributed by atoms with E-state index in [4.69, 9.17) is 0 Å². The second kappa shape index (κ2) is 3.57. The molecular weight excluding hydrogens is 168 g/mol. The van der Waals surface area contributed by atoms with Gasteiger partial charge in [-0.05, 0) is 0 Å². The van der Waals surface area contributed by atoms with Gasteiger partial charge in [0.05, 0.1) is 0 Å². The lowest BCUT2D eigenvalue weighted by Crippen LogP contribution is -2.12. The molecule has 9 heavy (non-hydrogen) atoms. The Morgan fingerprint density at radius 1 is 1.00 bits per heavy atom. The number of thiol groups is 2. The fraction of sp³-hybridized carbons (Fsp3) is 0.500. The number of hydrogen-bond donors (Lipinski definition) is 2. The van der Waals surface area contributed by atoms with Crippen molar-refractivity contribution >= 4 is 27.7 Å². The summed E-state index contributed by atoms with van der Waals surface area (Å²) < 4.78 is 37.3. The summed E-state index contributed by atoms with van der Waals surface area (Å²) in [5.74, 6) is 0. The average molecular weight is 172 g/mol. The maximum atomic E-state index is 9.79. The summed E-state index contributed by atoms with van der Waals surface area (Å²) in [6.07, 6.45) is -0.128. The lowest BCUT2D eigenvalue weighted by molar-refractivity contribution is -0.106. The van der Waals surface area contributed by atoms with Gasteiger partial charge in [-0.2, -0.15) is 0 Å². The van der Waals surface area contributed by atoms with Gasteiger partial charge in [-0.3, -0.25) is 0 Å². The first-order valence-corrected chi connectivity index (χ1v) is 4.31. The Hall–Kier alpha value is -0.430. The van der Waals surface area contributed by atoms with Crippen LogP contribution >= 0.6 is 0 Å². The smallest absolute Gasteiger partial charge is 0.212 e. The molecule has 7 heteroatoms. The summed E-state index contributed by atoms with van der Waals surface area (Å²) in [6.45, 7) is 0. The van der Waals surface area contributed by atoms with E-state index in [0.717, 1.165) is 0 Å². The molecule has 0 aliphatic carbocycles. The summed E-state index contributed by atoms with van der Waals surface area (Å²) in [5, 5.41) is 0. The Morgan fingerprint density at radius 2 is 1.33 bits per heavy atom. The highest BCUT2D eigenvalue weighted by molar-refractivity contribution is 7.92. The Labute approximate surface area is 54.6 Å². The monoisotopic (exact) mass is 172 g/mol.